The lowest BCUT2D eigenvalue weighted by Crippen LogP contribution is -2.41. The van der Waals surface area contributed by atoms with Crippen molar-refractivity contribution in [1.82, 2.24) is 10.2 Å². The highest BCUT2D eigenvalue weighted by Gasteiger charge is 2.42. The molecule has 0 radical (unpaired) electrons. The maximum absolute atomic E-state index is 12.6. The van der Waals surface area contributed by atoms with Gasteiger partial charge in [0.1, 0.15) is 5.75 Å². The van der Waals surface area contributed by atoms with Crippen LogP contribution in [-0.2, 0) is 11.3 Å². The van der Waals surface area contributed by atoms with Crippen molar-refractivity contribution in [3.63, 3.8) is 0 Å². The van der Waals surface area contributed by atoms with E-state index in [2.05, 4.69) is 19.9 Å². The van der Waals surface area contributed by atoms with Gasteiger partial charge >= 0.3 is 6.61 Å². The Labute approximate surface area is 151 Å². The lowest BCUT2D eigenvalue weighted by Gasteiger charge is -2.25. The number of nitrogens with one attached hydrogen (secondary N) is 1. The molecule has 138 valence electrons. The fraction of sp³-hybridized carbons (Fsp3) is 0.588. The van der Waals surface area contributed by atoms with E-state index in [1.54, 1.807) is 13.1 Å². The molecule has 1 N–H and O–H groups in total. The van der Waals surface area contributed by atoms with Crippen LogP contribution in [0, 0.1) is 5.41 Å². The number of ether oxygens (including phenoxy) is 2. The van der Waals surface area contributed by atoms with E-state index in [0.29, 0.717) is 17.1 Å². The summed E-state index contributed by atoms with van der Waals surface area (Å²) in [7, 11) is 1.72. The van der Waals surface area contributed by atoms with Gasteiger partial charge in [-0.05, 0) is 31.0 Å². The van der Waals surface area contributed by atoms with Gasteiger partial charge in [0.15, 0.2) is 5.96 Å². The van der Waals surface area contributed by atoms with Crippen LogP contribution in [0.3, 0.4) is 0 Å². The van der Waals surface area contributed by atoms with Crippen molar-refractivity contribution < 1.29 is 18.3 Å². The van der Waals surface area contributed by atoms with Crippen molar-refractivity contribution in [3.8, 4) is 5.75 Å². The van der Waals surface area contributed by atoms with E-state index in [0.717, 1.165) is 45.1 Å². The average Bonchev–Trinajstić information content (AvgIpc) is 3.21. The number of aliphatic imine (C=N–C) groups is 1. The van der Waals surface area contributed by atoms with Gasteiger partial charge in [-0.2, -0.15) is 8.78 Å². The summed E-state index contributed by atoms with van der Waals surface area (Å²) in [5, 5.41) is 3.70. The summed E-state index contributed by atoms with van der Waals surface area (Å²) in [5.74, 6) is 0.858. The Morgan fingerprint density at radius 1 is 1.48 bits per heavy atom. The highest BCUT2D eigenvalue weighted by molar-refractivity contribution is 6.30. The minimum atomic E-state index is -2.87. The standard InChI is InChI=1S/C17H22ClF2N3O2/c1-21-16(23-6-4-17(10-23)5-7-24-11-17)22-9-12-8-13(18)2-3-14(12)25-15(19)20/h2-3,8,15H,4-7,9-11H2,1H3,(H,21,22). The first-order valence-corrected chi connectivity index (χ1v) is 8.66. The molecule has 2 fully saturated rings. The van der Waals surface area contributed by atoms with Crippen LogP contribution in [-0.4, -0.2) is 50.8 Å². The molecule has 1 unspecified atom stereocenters. The van der Waals surface area contributed by atoms with Gasteiger partial charge in [0.2, 0.25) is 0 Å². The summed E-state index contributed by atoms with van der Waals surface area (Å²) in [5.41, 5.74) is 0.782. The number of nitrogens with zero attached hydrogens (tertiary/aromatic N) is 2. The molecule has 1 aromatic rings. The third-order valence-corrected chi connectivity index (χ3v) is 5.05. The van der Waals surface area contributed by atoms with Crippen LogP contribution >= 0.6 is 11.6 Å². The van der Waals surface area contributed by atoms with E-state index < -0.39 is 6.61 Å². The fourth-order valence-corrected chi connectivity index (χ4v) is 3.69. The van der Waals surface area contributed by atoms with Gasteiger partial charge in [-0.25, -0.2) is 0 Å². The second kappa shape index (κ2) is 7.74. The minimum Gasteiger partial charge on any atom is -0.434 e. The van der Waals surface area contributed by atoms with Crippen molar-refractivity contribution in [1.29, 1.82) is 0 Å². The third-order valence-electron chi connectivity index (χ3n) is 4.81. The van der Waals surface area contributed by atoms with Gasteiger partial charge in [-0.15, -0.1) is 0 Å². The molecule has 0 aromatic heterocycles. The zero-order valence-corrected chi connectivity index (χ0v) is 14.9. The molecule has 2 heterocycles. The Bertz CT molecular complexity index is 636. The van der Waals surface area contributed by atoms with Crippen LogP contribution in [0.5, 0.6) is 5.75 Å². The van der Waals surface area contributed by atoms with Crippen LogP contribution in [0.25, 0.3) is 0 Å². The maximum Gasteiger partial charge on any atom is 0.387 e. The van der Waals surface area contributed by atoms with Gasteiger partial charge in [-0.1, -0.05) is 11.6 Å². The zero-order chi connectivity index (χ0) is 17.9. The molecular weight excluding hydrogens is 352 g/mol. The Morgan fingerprint density at radius 3 is 3.00 bits per heavy atom. The Balaban J connectivity index is 1.65. The monoisotopic (exact) mass is 373 g/mol. The average molecular weight is 374 g/mol. The Morgan fingerprint density at radius 2 is 2.32 bits per heavy atom. The van der Waals surface area contributed by atoms with Gasteiger partial charge in [0.25, 0.3) is 0 Å². The van der Waals surface area contributed by atoms with Gasteiger partial charge in [-0.3, -0.25) is 4.99 Å². The van der Waals surface area contributed by atoms with Crippen LogP contribution in [0.15, 0.2) is 23.2 Å². The molecular formula is C17H22ClF2N3O2. The minimum absolute atomic E-state index is 0.115. The summed E-state index contributed by atoms with van der Waals surface area (Å²) in [4.78, 5) is 6.51. The third kappa shape index (κ3) is 4.33. The number of hydrogen-bond acceptors (Lipinski definition) is 3. The molecule has 3 rings (SSSR count). The van der Waals surface area contributed by atoms with E-state index in [9.17, 15) is 8.78 Å². The van der Waals surface area contributed by atoms with Crippen LogP contribution < -0.4 is 10.1 Å². The number of hydrogen-bond donors (Lipinski definition) is 1. The Kier molecular flexibility index (Phi) is 5.64. The normalized spacial score (nSPS) is 23.7. The lowest BCUT2D eigenvalue weighted by molar-refractivity contribution is -0.0504. The quantitative estimate of drug-likeness (QED) is 0.650. The molecule has 8 heteroatoms. The van der Waals surface area contributed by atoms with Crippen LogP contribution in [0.1, 0.15) is 18.4 Å². The highest BCUT2D eigenvalue weighted by atomic mass is 35.5. The molecule has 0 saturated carbocycles. The van der Waals surface area contributed by atoms with Crippen molar-refractivity contribution in [2.45, 2.75) is 26.0 Å². The molecule has 25 heavy (non-hydrogen) atoms. The predicted octanol–water partition coefficient (Wildman–Crippen LogP) is 3.13. The van der Waals surface area contributed by atoms with E-state index >= 15 is 0 Å². The van der Waals surface area contributed by atoms with Crippen LogP contribution in [0.2, 0.25) is 5.02 Å². The second-order valence-electron chi connectivity index (χ2n) is 6.51. The highest BCUT2D eigenvalue weighted by Crippen LogP contribution is 2.38. The van der Waals surface area contributed by atoms with Crippen molar-refractivity contribution in [3.05, 3.63) is 28.8 Å². The van der Waals surface area contributed by atoms with E-state index in [4.69, 9.17) is 16.3 Å². The molecule has 2 saturated heterocycles. The molecule has 0 bridgehead atoms. The van der Waals surface area contributed by atoms with Crippen molar-refractivity contribution >= 4 is 17.6 Å². The van der Waals surface area contributed by atoms with E-state index in [1.807, 2.05) is 0 Å². The second-order valence-corrected chi connectivity index (χ2v) is 6.94. The number of guanidine groups is 1. The van der Waals surface area contributed by atoms with Crippen LogP contribution in [0.4, 0.5) is 8.78 Å². The summed E-state index contributed by atoms with van der Waals surface area (Å²) < 4.78 is 35.2. The largest absolute Gasteiger partial charge is 0.434 e. The molecule has 0 aliphatic carbocycles. The molecule has 0 amide bonds. The molecule has 2 aliphatic heterocycles. The number of likely N-dealkylation sites (tertiary alicyclic amines) is 1. The molecule has 1 atom stereocenters. The number of alkyl halides is 2. The number of rotatable bonds is 4. The smallest absolute Gasteiger partial charge is 0.387 e. The van der Waals surface area contributed by atoms with E-state index in [-0.39, 0.29) is 11.2 Å². The first-order valence-electron chi connectivity index (χ1n) is 8.28. The lowest BCUT2D eigenvalue weighted by atomic mass is 9.87. The van der Waals surface area contributed by atoms with E-state index in [1.165, 1.54) is 12.1 Å². The van der Waals surface area contributed by atoms with Crippen molar-refractivity contribution in [2.75, 3.05) is 33.4 Å². The summed E-state index contributed by atoms with van der Waals surface area (Å²) in [6, 6.07) is 4.60. The molecule has 2 aliphatic rings. The molecule has 5 nitrogen and oxygen atoms in total. The fourth-order valence-electron chi connectivity index (χ4n) is 3.49. The number of halogens is 3. The van der Waals surface area contributed by atoms with Crippen molar-refractivity contribution in [2.24, 2.45) is 10.4 Å². The van der Waals surface area contributed by atoms with Gasteiger partial charge < -0.3 is 19.7 Å². The molecule has 1 spiro atoms. The topological polar surface area (TPSA) is 46.1 Å². The first kappa shape index (κ1) is 18.2. The summed E-state index contributed by atoms with van der Waals surface area (Å²) in [6.07, 6.45) is 2.14. The molecule has 1 aromatic carbocycles. The first-order chi connectivity index (χ1) is 12.0. The SMILES string of the molecule is CN=C(NCc1cc(Cl)ccc1OC(F)F)N1CCC2(CCOC2)C1. The van der Waals surface area contributed by atoms with Gasteiger partial charge in [0, 0.05) is 49.3 Å². The van der Waals surface area contributed by atoms with Gasteiger partial charge in [0.05, 0.1) is 6.61 Å². The summed E-state index contributed by atoms with van der Waals surface area (Å²) in [6.45, 7) is 0.828. The zero-order valence-electron chi connectivity index (χ0n) is 14.1. The number of benzene rings is 1. The maximum atomic E-state index is 12.6. The summed E-state index contributed by atoms with van der Waals surface area (Å²) >= 11 is 5.99. The predicted molar refractivity (Wildman–Crippen MR) is 92.3 cm³/mol. The Hall–Kier alpha value is -1.60.